The van der Waals surface area contributed by atoms with Crippen LogP contribution in [0.5, 0.6) is 0 Å². The Morgan fingerprint density at radius 1 is 0.941 bits per heavy atom. The number of benzene rings is 3. The van der Waals surface area contributed by atoms with Crippen molar-refractivity contribution in [1.29, 1.82) is 0 Å². The number of pyridine rings is 1. The second-order valence-electron chi connectivity index (χ2n) is 8.92. The van der Waals surface area contributed by atoms with Crippen molar-refractivity contribution < 1.29 is 9.59 Å². The van der Waals surface area contributed by atoms with Crippen LogP contribution in [0.25, 0.3) is 22.0 Å². The van der Waals surface area contributed by atoms with Crippen LogP contribution < -0.4 is 5.32 Å². The van der Waals surface area contributed by atoms with E-state index in [0.717, 1.165) is 22.1 Å². The molecule has 0 aliphatic carbocycles. The van der Waals surface area contributed by atoms with Gasteiger partial charge in [0.1, 0.15) is 0 Å². The summed E-state index contributed by atoms with van der Waals surface area (Å²) in [5.74, 6) is -0.104. The van der Waals surface area contributed by atoms with Crippen molar-refractivity contribution in [3.8, 4) is 11.1 Å². The molecule has 2 amide bonds. The standard InChI is InChI=1S/C29H27N3O2/c1-30-28(34)29(19-23-11-5-6-14-24(23)21-9-3-2-4-10-21)16-18-32(20-29)27(33)25-15-7-12-22-13-8-17-31-26(22)25/h2-15,17H,16,18-20H2,1H3,(H,30,34)/t29-/m0/s1. The van der Waals surface area contributed by atoms with Crippen LogP contribution >= 0.6 is 0 Å². The molecular weight excluding hydrogens is 422 g/mol. The molecule has 1 fully saturated rings. The van der Waals surface area contributed by atoms with Gasteiger partial charge >= 0.3 is 0 Å². The monoisotopic (exact) mass is 449 g/mol. The first-order valence-corrected chi connectivity index (χ1v) is 11.6. The smallest absolute Gasteiger partial charge is 0.256 e. The van der Waals surface area contributed by atoms with Crippen molar-refractivity contribution in [2.45, 2.75) is 12.8 Å². The number of rotatable bonds is 5. The third-order valence-corrected chi connectivity index (χ3v) is 6.84. The minimum atomic E-state index is -0.687. The molecule has 1 atom stereocenters. The molecule has 0 unspecified atom stereocenters. The van der Waals surface area contributed by atoms with Crippen LogP contribution in [0.15, 0.2) is 91.1 Å². The minimum absolute atomic E-state index is 0.0262. The van der Waals surface area contributed by atoms with Gasteiger partial charge in [0.05, 0.1) is 16.5 Å². The molecule has 3 aromatic carbocycles. The zero-order chi connectivity index (χ0) is 23.5. The Balaban J connectivity index is 1.47. The predicted molar refractivity (Wildman–Crippen MR) is 134 cm³/mol. The summed E-state index contributed by atoms with van der Waals surface area (Å²) in [4.78, 5) is 33.1. The van der Waals surface area contributed by atoms with E-state index >= 15 is 0 Å². The van der Waals surface area contributed by atoms with Gasteiger partial charge in [-0.25, -0.2) is 0 Å². The number of aromatic nitrogens is 1. The highest BCUT2D eigenvalue weighted by molar-refractivity contribution is 6.05. The fourth-order valence-corrected chi connectivity index (χ4v) is 5.11. The number of nitrogens with one attached hydrogen (secondary N) is 1. The first-order valence-electron chi connectivity index (χ1n) is 11.6. The Morgan fingerprint density at radius 3 is 2.53 bits per heavy atom. The van der Waals surface area contributed by atoms with E-state index in [-0.39, 0.29) is 11.8 Å². The topological polar surface area (TPSA) is 62.3 Å². The lowest BCUT2D eigenvalue weighted by molar-refractivity contribution is -0.129. The van der Waals surface area contributed by atoms with Gasteiger partial charge in [0, 0.05) is 31.7 Å². The van der Waals surface area contributed by atoms with Crippen molar-refractivity contribution in [3.05, 3.63) is 102 Å². The Kier molecular flexibility index (Phi) is 5.84. The number of hydrogen-bond acceptors (Lipinski definition) is 3. The van der Waals surface area contributed by atoms with E-state index in [0.29, 0.717) is 37.0 Å². The van der Waals surface area contributed by atoms with Crippen LogP contribution in [0.3, 0.4) is 0 Å². The van der Waals surface area contributed by atoms with Gasteiger partial charge in [-0.15, -0.1) is 0 Å². The predicted octanol–water partition coefficient (Wildman–Crippen LogP) is 4.72. The van der Waals surface area contributed by atoms with Crippen LogP contribution in [0.4, 0.5) is 0 Å². The lowest BCUT2D eigenvalue weighted by Gasteiger charge is -2.29. The molecule has 1 aliphatic rings. The number of nitrogens with zero attached hydrogens (tertiary/aromatic N) is 2. The molecule has 0 bridgehead atoms. The highest BCUT2D eigenvalue weighted by Crippen LogP contribution is 2.38. The van der Waals surface area contributed by atoms with Crippen molar-refractivity contribution in [2.75, 3.05) is 20.1 Å². The zero-order valence-corrected chi connectivity index (χ0v) is 19.2. The number of carbonyl (C=O) groups excluding carboxylic acids is 2. The molecule has 5 nitrogen and oxygen atoms in total. The van der Waals surface area contributed by atoms with E-state index in [1.165, 1.54) is 0 Å². The van der Waals surface area contributed by atoms with Gasteiger partial charge in [0.25, 0.3) is 5.91 Å². The summed E-state index contributed by atoms with van der Waals surface area (Å²) >= 11 is 0. The SMILES string of the molecule is CNC(=O)[C@]1(Cc2ccccc2-c2ccccc2)CCN(C(=O)c2cccc3cccnc23)C1. The van der Waals surface area contributed by atoms with Crippen LogP contribution in [0.2, 0.25) is 0 Å². The fourth-order valence-electron chi connectivity index (χ4n) is 5.11. The average Bonchev–Trinajstić information content (AvgIpc) is 3.33. The Bertz CT molecular complexity index is 1350. The van der Waals surface area contributed by atoms with E-state index in [4.69, 9.17) is 0 Å². The van der Waals surface area contributed by atoms with E-state index < -0.39 is 5.41 Å². The maximum absolute atomic E-state index is 13.6. The molecule has 1 N–H and O–H groups in total. The molecular formula is C29H27N3O2. The summed E-state index contributed by atoms with van der Waals surface area (Å²) in [6.07, 6.45) is 2.88. The summed E-state index contributed by atoms with van der Waals surface area (Å²) in [6, 6.07) is 27.9. The Labute approximate surface area is 199 Å². The maximum Gasteiger partial charge on any atom is 0.256 e. The van der Waals surface area contributed by atoms with Crippen molar-refractivity contribution in [2.24, 2.45) is 5.41 Å². The molecule has 5 heteroatoms. The van der Waals surface area contributed by atoms with Crippen LogP contribution in [-0.4, -0.2) is 41.8 Å². The Hall–Kier alpha value is -3.99. The number of hydrogen-bond donors (Lipinski definition) is 1. The molecule has 0 spiro atoms. The van der Waals surface area contributed by atoms with Gasteiger partial charge in [-0.1, -0.05) is 72.8 Å². The summed E-state index contributed by atoms with van der Waals surface area (Å²) in [5, 5.41) is 3.80. The van der Waals surface area contributed by atoms with Gasteiger partial charge in [-0.3, -0.25) is 14.6 Å². The normalized spacial score (nSPS) is 17.6. The summed E-state index contributed by atoms with van der Waals surface area (Å²) in [7, 11) is 1.67. The largest absolute Gasteiger partial charge is 0.359 e. The minimum Gasteiger partial charge on any atom is -0.359 e. The second-order valence-corrected chi connectivity index (χ2v) is 8.92. The van der Waals surface area contributed by atoms with Crippen LogP contribution in [0.1, 0.15) is 22.3 Å². The highest BCUT2D eigenvalue weighted by Gasteiger charge is 2.46. The van der Waals surface area contributed by atoms with Gasteiger partial charge in [0.2, 0.25) is 5.91 Å². The van der Waals surface area contributed by atoms with Crippen LogP contribution in [0, 0.1) is 5.41 Å². The zero-order valence-electron chi connectivity index (χ0n) is 19.2. The molecule has 0 saturated carbocycles. The molecule has 170 valence electrons. The molecule has 4 aromatic rings. The van der Waals surface area contributed by atoms with Crippen molar-refractivity contribution in [3.63, 3.8) is 0 Å². The summed E-state index contributed by atoms with van der Waals surface area (Å²) < 4.78 is 0. The van der Waals surface area contributed by atoms with E-state index in [2.05, 4.69) is 34.6 Å². The molecule has 1 aliphatic heterocycles. The number of likely N-dealkylation sites (tertiary alicyclic amines) is 1. The molecule has 0 radical (unpaired) electrons. The van der Waals surface area contributed by atoms with E-state index in [9.17, 15) is 9.59 Å². The molecule has 34 heavy (non-hydrogen) atoms. The third kappa shape index (κ3) is 3.94. The quantitative estimate of drug-likeness (QED) is 0.479. The second kappa shape index (κ2) is 9.10. The van der Waals surface area contributed by atoms with Gasteiger partial charge < -0.3 is 10.2 Å². The summed E-state index contributed by atoms with van der Waals surface area (Å²) in [6.45, 7) is 0.904. The first-order chi connectivity index (χ1) is 16.6. The summed E-state index contributed by atoms with van der Waals surface area (Å²) in [5.41, 5.74) is 3.94. The number of para-hydroxylation sites is 1. The molecule has 1 saturated heterocycles. The maximum atomic E-state index is 13.6. The highest BCUT2D eigenvalue weighted by atomic mass is 16.2. The number of carbonyl (C=O) groups is 2. The average molecular weight is 450 g/mol. The van der Waals surface area contributed by atoms with Gasteiger partial charge in [-0.05, 0) is 41.7 Å². The third-order valence-electron chi connectivity index (χ3n) is 6.84. The molecule has 2 heterocycles. The lowest BCUT2D eigenvalue weighted by Crippen LogP contribution is -2.44. The number of amides is 2. The van der Waals surface area contributed by atoms with Gasteiger partial charge in [-0.2, -0.15) is 0 Å². The van der Waals surface area contributed by atoms with Crippen molar-refractivity contribution >= 4 is 22.7 Å². The van der Waals surface area contributed by atoms with E-state index in [1.807, 2.05) is 65.6 Å². The van der Waals surface area contributed by atoms with Gasteiger partial charge in [0.15, 0.2) is 0 Å². The fraction of sp³-hybridized carbons (Fsp3) is 0.207. The Morgan fingerprint density at radius 2 is 1.71 bits per heavy atom. The molecule has 5 rings (SSSR count). The van der Waals surface area contributed by atoms with E-state index in [1.54, 1.807) is 13.2 Å². The van der Waals surface area contributed by atoms with Crippen molar-refractivity contribution in [1.82, 2.24) is 15.2 Å². The lowest BCUT2D eigenvalue weighted by atomic mass is 9.78. The first kappa shape index (κ1) is 21.8. The molecule has 1 aromatic heterocycles. The van der Waals surface area contributed by atoms with Crippen LogP contribution in [-0.2, 0) is 11.2 Å². The number of fused-ring (bicyclic) bond motifs is 1.